The quantitative estimate of drug-likeness (QED) is 0.553. The van der Waals surface area contributed by atoms with E-state index in [2.05, 4.69) is 15.2 Å². The van der Waals surface area contributed by atoms with Crippen LogP contribution in [-0.4, -0.2) is 80.3 Å². The second kappa shape index (κ2) is 10.4. The van der Waals surface area contributed by atoms with Crippen LogP contribution in [0.2, 0.25) is 0 Å². The van der Waals surface area contributed by atoms with Gasteiger partial charge in [0.25, 0.3) is 5.91 Å². The largest absolute Gasteiger partial charge is 0.444 e. The zero-order valence-electron chi connectivity index (χ0n) is 24.2. The van der Waals surface area contributed by atoms with Gasteiger partial charge < -0.3 is 14.5 Å². The maximum atomic E-state index is 15.9. The summed E-state index contributed by atoms with van der Waals surface area (Å²) in [6.45, 7) is 8.30. The molecule has 3 fully saturated rings. The van der Waals surface area contributed by atoms with E-state index in [0.717, 1.165) is 25.8 Å². The topological polar surface area (TPSA) is 112 Å². The summed E-state index contributed by atoms with van der Waals surface area (Å²) >= 11 is 0. The summed E-state index contributed by atoms with van der Waals surface area (Å²) in [4.78, 5) is 59.7. The van der Waals surface area contributed by atoms with Gasteiger partial charge in [0.1, 0.15) is 17.3 Å². The number of piperidine rings is 2. The van der Waals surface area contributed by atoms with Gasteiger partial charge in [-0.2, -0.15) is 0 Å². The lowest BCUT2D eigenvalue weighted by atomic mass is 9.78. The van der Waals surface area contributed by atoms with Crippen molar-refractivity contribution in [3.05, 3.63) is 53.0 Å². The molecule has 2 aromatic rings. The van der Waals surface area contributed by atoms with E-state index in [-0.39, 0.29) is 48.5 Å². The molecule has 2 unspecified atom stereocenters. The zero-order valence-corrected chi connectivity index (χ0v) is 24.2. The van der Waals surface area contributed by atoms with Gasteiger partial charge in [0.15, 0.2) is 5.82 Å². The molecule has 1 aromatic carbocycles. The summed E-state index contributed by atoms with van der Waals surface area (Å²) in [6.07, 6.45) is 4.47. The zero-order chi connectivity index (χ0) is 29.8. The van der Waals surface area contributed by atoms with Crippen LogP contribution in [0.15, 0.2) is 30.5 Å². The van der Waals surface area contributed by atoms with E-state index in [9.17, 15) is 19.2 Å². The fraction of sp³-hybridized carbons (Fsp3) is 0.516. The van der Waals surface area contributed by atoms with Crippen molar-refractivity contribution in [2.24, 2.45) is 0 Å². The van der Waals surface area contributed by atoms with Gasteiger partial charge >= 0.3 is 6.09 Å². The highest BCUT2D eigenvalue weighted by Crippen LogP contribution is 2.40. The van der Waals surface area contributed by atoms with Crippen molar-refractivity contribution in [3.63, 3.8) is 0 Å². The van der Waals surface area contributed by atoms with E-state index >= 15 is 4.39 Å². The number of nitrogens with zero attached hydrogens (tertiary/aromatic N) is 4. The number of rotatable bonds is 4. The van der Waals surface area contributed by atoms with Crippen LogP contribution in [0.25, 0.3) is 11.3 Å². The normalized spacial score (nSPS) is 24.5. The molecule has 0 radical (unpaired) electrons. The van der Waals surface area contributed by atoms with Crippen molar-refractivity contribution in [3.8, 4) is 11.3 Å². The first kappa shape index (κ1) is 28.3. The number of hydrogen-bond donors (Lipinski definition) is 1. The molecule has 10 nitrogen and oxygen atoms in total. The predicted molar refractivity (Wildman–Crippen MR) is 150 cm³/mol. The van der Waals surface area contributed by atoms with Crippen molar-refractivity contribution in [1.29, 1.82) is 0 Å². The Balaban J connectivity index is 1.17. The van der Waals surface area contributed by atoms with Crippen LogP contribution in [0.4, 0.5) is 9.18 Å². The van der Waals surface area contributed by atoms with Crippen LogP contribution in [0.1, 0.15) is 74.4 Å². The minimum atomic E-state index is -0.709. The average Bonchev–Trinajstić information content (AvgIpc) is 3.23. The third-order valence-corrected chi connectivity index (χ3v) is 8.78. The second-order valence-electron chi connectivity index (χ2n) is 12.8. The molecule has 0 aliphatic carbocycles. The molecular formula is C31H36FN5O5. The number of aromatic nitrogens is 1. The SMILES string of the molecule is CC(C)(C)OC(=O)N1CCC12CCCN(Cc1ccnc(-c3ccc4c(c3)CN(C3CCC(=O)NC3=O)C4=O)c1F)C2. The molecule has 4 aliphatic heterocycles. The maximum absolute atomic E-state index is 15.9. The lowest BCUT2D eigenvalue weighted by Gasteiger charge is -2.56. The molecule has 1 spiro atoms. The summed E-state index contributed by atoms with van der Waals surface area (Å²) in [5.41, 5.74) is 1.58. The fourth-order valence-corrected chi connectivity index (χ4v) is 6.68. The first-order valence-electron chi connectivity index (χ1n) is 14.6. The number of imide groups is 1. The average molecular weight is 578 g/mol. The van der Waals surface area contributed by atoms with Crippen LogP contribution in [-0.2, 0) is 27.4 Å². The Morgan fingerprint density at radius 3 is 2.69 bits per heavy atom. The summed E-state index contributed by atoms with van der Waals surface area (Å²) in [5, 5.41) is 2.31. The van der Waals surface area contributed by atoms with Gasteiger partial charge in [-0.1, -0.05) is 6.07 Å². The Bertz CT molecular complexity index is 1470. The van der Waals surface area contributed by atoms with E-state index in [0.29, 0.717) is 41.9 Å². The van der Waals surface area contributed by atoms with Crippen molar-refractivity contribution in [2.75, 3.05) is 19.6 Å². The van der Waals surface area contributed by atoms with E-state index in [4.69, 9.17) is 4.74 Å². The number of amides is 4. The smallest absolute Gasteiger partial charge is 0.410 e. The highest BCUT2D eigenvalue weighted by Gasteiger charge is 2.51. The molecule has 0 bridgehead atoms. The standard InChI is InChI=1S/C31H36FN5O5/c1-30(2,3)42-29(41)37-14-11-31(37)10-4-13-35(18-31)16-20-9-12-33-26(25(20)32)19-5-6-22-21(15-19)17-36(28(22)40)23-7-8-24(38)34-27(23)39/h5-6,9,12,15,23H,4,7-8,10-11,13-14,16-18H2,1-3H3,(H,34,38,39). The number of hydrogen-bond acceptors (Lipinski definition) is 7. The van der Waals surface area contributed by atoms with Gasteiger partial charge in [0.2, 0.25) is 11.8 Å². The van der Waals surface area contributed by atoms with Gasteiger partial charge in [-0.15, -0.1) is 0 Å². The molecule has 3 saturated heterocycles. The molecule has 5 heterocycles. The summed E-state index contributed by atoms with van der Waals surface area (Å²) in [5.74, 6) is -1.50. The van der Waals surface area contributed by atoms with Crippen molar-refractivity contribution >= 4 is 23.8 Å². The molecule has 2 atom stereocenters. The number of likely N-dealkylation sites (tertiary alicyclic amines) is 2. The van der Waals surface area contributed by atoms with Gasteiger partial charge in [-0.25, -0.2) is 9.18 Å². The van der Waals surface area contributed by atoms with Crippen LogP contribution >= 0.6 is 0 Å². The molecule has 1 N–H and O–H groups in total. The molecule has 222 valence electrons. The van der Waals surface area contributed by atoms with Gasteiger partial charge in [0.05, 0.1) is 5.54 Å². The maximum Gasteiger partial charge on any atom is 0.410 e. The molecule has 1 aromatic heterocycles. The molecular weight excluding hydrogens is 541 g/mol. The number of fused-ring (bicyclic) bond motifs is 1. The number of pyridine rings is 1. The monoisotopic (exact) mass is 577 g/mol. The highest BCUT2D eigenvalue weighted by molar-refractivity contribution is 6.05. The number of halogens is 1. The molecule has 6 rings (SSSR count). The number of carbonyl (C=O) groups is 4. The van der Waals surface area contributed by atoms with Crippen molar-refractivity contribution < 1.29 is 28.3 Å². The lowest BCUT2D eigenvalue weighted by Crippen LogP contribution is -2.68. The number of nitrogens with one attached hydrogen (secondary N) is 1. The first-order valence-corrected chi connectivity index (χ1v) is 14.6. The number of carbonyl (C=O) groups excluding carboxylic acids is 4. The minimum Gasteiger partial charge on any atom is -0.444 e. The van der Waals surface area contributed by atoms with E-state index in [1.54, 1.807) is 30.5 Å². The Kier molecular flexibility index (Phi) is 7.03. The lowest BCUT2D eigenvalue weighted by molar-refractivity contribution is -0.136. The van der Waals surface area contributed by atoms with Gasteiger partial charge in [-0.05, 0) is 76.8 Å². The molecule has 4 amide bonds. The van der Waals surface area contributed by atoms with Crippen LogP contribution in [0.5, 0.6) is 0 Å². The third kappa shape index (κ3) is 5.14. The van der Waals surface area contributed by atoms with Crippen LogP contribution in [0.3, 0.4) is 0 Å². The van der Waals surface area contributed by atoms with Crippen molar-refractivity contribution in [2.45, 2.75) is 83.1 Å². The first-order chi connectivity index (χ1) is 19.9. The van der Waals surface area contributed by atoms with Crippen LogP contribution < -0.4 is 5.32 Å². The van der Waals surface area contributed by atoms with Gasteiger partial charge in [0, 0.05) is 55.5 Å². The summed E-state index contributed by atoms with van der Waals surface area (Å²) < 4.78 is 21.6. The number of ether oxygens (including phenoxy) is 1. The van der Waals surface area contributed by atoms with Gasteiger partial charge in [-0.3, -0.25) is 29.6 Å². The Morgan fingerprint density at radius 2 is 1.98 bits per heavy atom. The number of benzene rings is 1. The predicted octanol–water partition coefficient (Wildman–Crippen LogP) is 3.62. The van der Waals surface area contributed by atoms with E-state index in [1.165, 1.54) is 4.90 Å². The Morgan fingerprint density at radius 1 is 1.17 bits per heavy atom. The van der Waals surface area contributed by atoms with E-state index < -0.39 is 23.4 Å². The van der Waals surface area contributed by atoms with Crippen LogP contribution in [0, 0.1) is 5.82 Å². The van der Waals surface area contributed by atoms with Crippen molar-refractivity contribution in [1.82, 2.24) is 25.0 Å². The highest BCUT2D eigenvalue weighted by atomic mass is 19.1. The minimum absolute atomic E-state index is 0.181. The fourth-order valence-electron chi connectivity index (χ4n) is 6.68. The van der Waals surface area contributed by atoms with E-state index in [1.807, 2.05) is 25.7 Å². The molecule has 11 heteroatoms. The summed E-state index contributed by atoms with van der Waals surface area (Å²) in [6, 6.07) is 6.08. The molecule has 42 heavy (non-hydrogen) atoms. The Labute approximate surface area is 244 Å². The molecule has 4 aliphatic rings. The second-order valence-corrected chi connectivity index (χ2v) is 12.8. The third-order valence-electron chi connectivity index (χ3n) is 8.78. The molecule has 0 saturated carbocycles. The Hall–Kier alpha value is -3.86. The summed E-state index contributed by atoms with van der Waals surface area (Å²) in [7, 11) is 0.